The Bertz CT molecular complexity index is 1110. The SMILES string of the molecule is CCCCOCC(CN1C(=O)NC(=O)C(CC)(c2ccccc2)C1=O)OC(N)=O.O=C(O)c1ccccc1. The predicted octanol–water partition coefficient (Wildman–Crippen LogP) is 3.08. The van der Waals surface area contributed by atoms with Gasteiger partial charge in [-0.1, -0.05) is 68.8 Å². The van der Waals surface area contributed by atoms with Crippen molar-refractivity contribution in [2.24, 2.45) is 5.73 Å². The highest BCUT2D eigenvalue weighted by atomic mass is 16.6. The van der Waals surface area contributed by atoms with Crippen molar-refractivity contribution in [3.05, 3.63) is 71.8 Å². The van der Waals surface area contributed by atoms with Crippen LogP contribution in [0, 0.1) is 0 Å². The van der Waals surface area contributed by atoms with Crippen LogP contribution in [-0.2, 0) is 24.5 Å². The van der Waals surface area contributed by atoms with Crippen LogP contribution in [0.25, 0.3) is 0 Å². The number of rotatable bonds is 11. The van der Waals surface area contributed by atoms with Gasteiger partial charge >= 0.3 is 18.1 Å². The first-order chi connectivity index (χ1) is 18.2. The average Bonchev–Trinajstić information content (AvgIpc) is 2.90. The zero-order chi connectivity index (χ0) is 28.1. The second-order valence-electron chi connectivity index (χ2n) is 8.46. The summed E-state index contributed by atoms with van der Waals surface area (Å²) in [6, 6.07) is 16.0. The summed E-state index contributed by atoms with van der Waals surface area (Å²) in [5, 5.41) is 10.6. The molecule has 2 atom stereocenters. The summed E-state index contributed by atoms with van der Waals surface area (Å²) >= 11 is 0. The molecule has 0 spiro atoms. The van der Waals surface area contributed by atoms with E-state index in [0.717, 1.165) is 17.7 Å². The van der Waals surface area contributed by atoms with Crippen molar-refractivity contribution in [2.45, 2.75) is 44.6 Å². The summed E-state index contributed by atoms with van der Waals surface area (Å²) in [4.78, 5) is 60.8. The molecule has 1 heterocycles. The summed E-state index contributed by atoms with van der Waals surface area (Å²) in [6.45, 7) is 3.84. The van der Waals surface area contributed by atoms with Crippen molar-refractivity contribution in [2.75, 3.05) is 19.8 Å². The van der Waals surface area contributed by atoms with Gasteiger partial charge in [-0.15, -0.1) is 0 Å². The zero-order valence-corrected chi connectivity index (χ0v) is 21.4. The quantitative estimate of drug-likeness (QED) is 0.296. The van der Waals surface area contributed by atoms with Crippen LogP contribution in [0.3, 0.4) is 0 Å². The Balaban J connectivity index is 0.000000474. The second-order valence-corrected chi connectivity index (χ2v) is 8.46. The van der Waals surface area contributed by atoms with E-state index in [1.54, 1.807) is 67.6 Å². The minimum Gasteiger partial charge on any atom is -0.478 e. The van der Waals surface area contributed by atoms with Crippen LogP contribution >= 0.6 is 0 Å². The molecular formula is C27H33N3O8. The summed E-state index contributed by atoms with van der Waals surface area (Å²) in [5.74, 6) is -2.23. The van der Waals surface area contributed by atoms with Crippen molar-refractivity contribution in [3.8, 4) is 0 Å². The molecule has 38 heavy (non-hydrogen) atoms. The third kappa shape index (κ3) is 7.62. The molecule has 2 unspecified atom stereocenters. The third-order valence-corrected chi connectivity index (χ3v) is 5.90. The van der Waals surface area contributed by atoms with E-state index in [-0.39, 0.29) is 19.6 Å². The molecule has 1 saturated heterocycles. The zero-order valence-electron chi connectivity index (χ0n) is 21.4. The number of nitrogens with zero attached hydrogens (tertiary/aromatic N) is 1. The number of hydrogen-bond acceptors (Lipinski definition) is 7. The van der Waals surface area contributed by atoms with E-state index in [2.05, 4.69) is 5.32 Å². The largest absolute Gasteiger partial charge is 0.478 e. The summed E-state index contributed by atoms with van der Waals surface area (Å²) in [5.41, 5.74) is 4.38. The molecule has 204 valence electrons. The summed E-state index contributed by atoms with van der Waals surface area (Å²) in [6.07, 6.45) is -0.0994. The fraction of sp³-hybridized carbons (Fsp3) is 0.370. The van der Waals surface area contributed by atoms with E-state index < -0.39 is 41.4 Å². The van der Waals surface area contributed by atoms with Gasteiger partial charge in [-0.3, -0.25) is 19.8 Å². The van der Waals surface area contributed by atoms with Gasteiger partial charge < -0.3 is 20.3 Å². The number of barbiturate groups is 1. The standard InChI is InChI=1S/C20H27N3O6.C7H6O2/c1-3-5-11-28-13-15(29-18(21)26)12-23-17(25)20(4-2,16(24)22-19(23)27)14-9-7-6-8-10-14;8-7(9)6-4-2-1-3-5-6/h6-10,15H,3-5,11-13H2,1-2H3,(H2,21,26)(H,22,24,27);1-5H,(H,8,9). The summed E-state index contributed by atoms with van der Waals surface area (Å²) in [7, 11) is 0. The topological polar surface area (TPSA) is 165 Å². The van der Waals surface area contributed by atoms with Crippen molar-refractivity contribution in [1.29, 1.82) is 0 Å². The Morgan fingerprint density at radius 1 is 1.03 bits per heavy atom. The lowest BCUT2D eigenvalue weighted by molar-refractivity contribution is -0.146. The molecule has 3 rings (SSSR count). The van der Waals surface area contributed by atoms with Gasteiger partial charge in [0.1, 0.15) is 6.10 Å². The van der Waals surface area contributed by atoms with Gasteiger partial charge in [-0.25, -0.2) is 14.4 Å². The number of amides is 5. The molecule has 0 radical (unpaired) electrons. The molecule has 2 aromatic rings. The molecule has 2 aromatic carbocycles. The lowest BCUT2D eigenvalue weighted by Crippen LogP contribution is -2.67. The van der Waals surface area contributed by atoms with E-state index in [1.807, 2.05) is 6.92 Å². The van der Waals surface area contributed by atoms with Gasteiger partial charge in [0, 0.05) is 6.61 Å². The Morgan fingerprint density at radius 2 is 1.63 bits per heavy atom. The number of carboxylic acids is 1. The summed E-state index contributed by atoms with van der Waals surface area (Å²) < 4.78 is 10.5. The molecule has 0 aliphatic carbocycles. The normalized spacial score (nSPS) is 17.6. The Hall–Kier alpha value is -4.25. The molecule has 0 bridgehead atoms. The third-order valence-electron chi connectivity index (χ3n) is 5.90. The van der Waals surface area contributed by atoms with Gasteiger partial charge in [-0.2, -0.15) is 0 Å². The van der Waals surface area contributed by atoms with Crippen LogP contribution in [0.15, 0.2) is 60.7 Å². The molecule has 0 aromatic heterocycles. The maximum Gasteiger partial charge on any atom is 0.404 e. The fourth-order valence-electron chi connectivity index (χ4n) is 3.88. The number of ether oxygens (including phenoxy) is 2. The number of benzene rings is 2. The number of primary amides is 1. The highest BCUT2D eigenvalue weighted by molar-refractivity contribution is 6.22. The first-order valence-corrected chi connectivity index (χ1v) is 12.2. The number of nitrogens with two attached hydrogens (primary N) is 1. The molecule has 1 aliphatic rings. The number of aromatic carboxylic acids is 1. The van der Waals surface area contributed by atoms with Gasteiger partial charge in [-0.05, 0) is 30.5 Å². The highest BCUT2D eigenvalue weighted by Crippen LogP contribution is 2.33. The first kappa shape index (κ1) is 30.0. The lowest BCUT2D eigenvalue weighted by atomic mass is 9.74. The van der Waals surface area contributed by atoms with E-state index in [4.69, 9.17) is 20.3 Å². The number of hydrogen-bond donors (Lipinski definition) is 3. The second kappa shape index (κ2) is 14.5. The minimum absolute atomic E-state index is 0.0294. The number of unbranched alkanes of at least 4 members (excludes halogenated alkanes) is 1. The molecule has 1 aliphatic heterocycles. The predicted molar refractivity (Wildman–Crippen MR) is 137 cm³/mol. The fourth-order valence-corrected chi connectivity index (χ4v) is 3.88. The van der Waals surface area contributed by atoms with Crippen LogP contribution in [0.4, 0.5) is 9.59 Å². The van der Waals surface area contributed by atoms with Gasteiger partial charge in [0.2, 0.25) is 5.91 Å². The van der Waals surface area contributed by atoms with E-state index in [1.165, 1.54) is 0 Å². The maximum atomic E-state index is 13.3. The maximum absolute atomic E-state index is 13.3. The van der Waals surface area contributed by atoms with Crippen LogP contribution in [0.1, 0.15) is 49.0 Å². The minimum atomic E-state index is -1.55. The van der Waals surface area contributed by atoms with Gasteiger partial charge in [0.25, 0.3) is 5.91 Å². The van der Waals surface area contributed by atoms with E-state index >= 15 is 0 Å². The van der Waals surface area contributed by atoms with Gasteiger partial charge in [0.05, 0.1) is 18.7 Å². The van der Waals surface area contributed by atoms with Crippen LogP contribution in [-0.4, -0.2) is 65.8 Å². The smallest absolute Gasteiger partial charge is 0.404 e. The van der Waals surface area contributed by atoms with Crippen LogP contribution in [0.5, 0.6) is 0 Å². The number of carbonyl (C=O) groups excluding carboxylic acids is 4. The monoisotopic (exact) mass is 527 g/mol. The van der Waals surface area contributed by atoms with Crippen molar-refractivity contribution in [3.63, 3.8) is 0 Å². The molecule has 4 N–H and O–H groups in total. The number of imide groups is 2. The number of carboxylic acid groups (broad SMARTS) is 1. The Morgan fingerprint density at radius 3 is 2.13 bits per heavy atom. The molecule has 1 fully saturated rings. The molecule has 11 heteroatoms. The van der Waals surface area contributed by atoms with Crippen molar-refractivity contribution >= 4 is 29.9 Å². The first-order valence-electron chi connectivity index (χ1n) is 12.2. The number of urea groups is 1. The lowest BCUT2D eigenvalue weighted by Gasteiger charge is -2.39. The Kier molecular flexibility index (Phi) is 11.4. The number of nitrogens with one attached hydrogen (secondary N) is 1. The van der Waals surface area contributed by atoms with Crippen molar-refractivity contribution in [1.82, 2.24) is 10.2 Å². The molecule has 5 amide bonds. The van der Waals surface area contributed by atoms with Crippen LogP contribution < -0.4 is 11.1 Å². The van der Waals surface area contributed by atoms with E-state index in [0.29, 0.717) is 17.7 Å². The molecular weight excluding hydrogens is 494 g/mol. The molecule has 0 saturated carbocycles. The van der Waals surface area contributed by atoms with E-state index in [9.17, 15) is 24.0 Å². The average molecular weight is 528 g/mol. The van der Waals surface area contributed by atoms with Gasteiger partial charge in [0.15, 0.2) is 5.41 Å². The number of carbonyl (C=O) groups is 5. The van der Waals surface area contributed by atoms with Crippen molar-refractivity contribution < 1.29 is 38.6 Å². The molecule has 11 nitrogen and oxygen atoms in total. The highest BCUT2D eigenvalue weighted by Gasteiger charge is 2.54. The van der Waals surface area contributed by atoms with Crippen LogP contribution in [0.2, 0.25) is 0 Å². The Labute approximate surface area is 220 Å².